The minimum atomic E-state index is 0.398. The predicted octanol–water partition coefficient (Wildman–Crippen LogP) is 3.26. The molecule has 2 rings (SSSR count). The first-order valence-electron chi connectivity index (χ1n) is 5.43. The number of nitrogens with zero attached hydrogens (tertiary/aromatic N) is 2. The second kappa shape index (κ2) is 5.68. The Labute approximate surface area is 105 Å². The molecule has 0 aliphatic heterocycles. The number of rotatable bonds is 4. The molecule has 1 aromatic heterocycles. The number of aromatic nitrogens is 2. The Morgan fingerprint density at radius 2 is 1.94 bits per heavy atom. The zero-order valence-corrected chi connectivity index (χ0v) is 10.7. The molecule has 0 radical (unpaired) electrons. The van der Waals surface area contributed by atoms with Crippen molar-refractivity contribution >= 4 is 11.8 Å². The Hall–Kier alpha value is -1.55. The fourth-order valence-electron chi connectivity index (χ4n) is 1.49. The van der Waals surface area contributed by atoms with Gasteiger partial charge in [-0.2, -0.15) is 4.98 Å². The molecule has 88 valence electrons. The van der Waals surface area contributed by atoms with E-state index in [9.17, 15) is 0 Å². The van der Waals surface area contributed by atoms with Gasteiger partial charge in [-0.1, -0.05) is 19.1 Å². The number of ether oxygens (including phenoxy) is 1. The third kappa shape index (κ3) is 2.97. The maximum atomic E-state index is 5.01. The number of methoxy groups -OCH3 is 1. The van der Waals surface area contributed by atoms with Gasteiger partial charge in [0.25, 0.3) is 0 Å². The molecule has 0 unspecified atom stereocenters. The lowest BCUT2D eigenvalue weighted by Gasteiger charge is -2.04. The molecule has 0 saturated heterocycles. The van der Waals surface area contributed by atoms with E-state index in [0.29, 0.717) is 6.01 Å². The normalized spacial score (nSPS) is 10.2. The van der Waals surface area contributed by atoms with Crippen LogP contribution >= 0.6 is 11.8 Å². The van der Waals surface area contributed by atoms with Gasteiger partial charge in [0.15, 0.2) is 0 Å². The zero-order chi connectivity index (χ0) is 12.1. The summed E-state index contributed by atoms with van der Waals surface area (Å²) in [6.45, 7) is 2.15. The average Bonchev–Trinajstić information content (AvgIpc) is 2.40. The lowest BCUT2D eigenvalue weighted by atomic mass is 10.1. The van der Waals surface area contributed by atoms with Crippen molar-refractivity contribution in [3.63, 3.8) is 0 Å². The fraction of sp³-hybridized carbons (Fsp3) is 0.231. The number of benzene rings is 1. The van der Waals surface area contributed by atoms with E-state index < -0.39 is 0 Å². The van der Waals surface area contributed by atoms with Gasteiger partial charge < -0.3 is 4.74 Å². The second-order valence-corrected chi connectivity index (χ2v) is 4.72. The Morgan fingerprint density at radius 3 is 2.59 bits per heavy atom. The van der Waals surface area contributed by atoms with Crippen molar-refractivity contribution in [1.29, 1.82) is 0 Å². The smallest absolute Gasteiger partial charge is 0.316 e. The summed E-state index contributed by atoms with van der Waals surface area (Å²) in [6, 6.07) is 10.6. The SMILES string of the molecule is CCSc1ccc(-c2ccnc(OC)n2)cc1. The molecule has 0 aliphatic rings. The minimum absolute atomic E-state index is 0.398. The van der Waals surface area contributed by atoms with E-state index in [4.69, 9.17) is 4.74 Å². The molecule has 0 aliphatic carbocycles. The summed E-state index contributed by atoms with van der Waals surface area (Å²) < 4.78 is 5.01. The Morgan fingerprint density at radius 1 is 1.18 bits per heavy atom. The summed E-state index contributed by atoms with van der Waals surface area (Å²) in [5.41, 5.74) is 1.95. The molecule has 0 fully saturated rings. The van der Waals surface area contributed by atoms with E-state index in [1.165, 1.54) is 4.90 Å². The van der Waals surface area contributed by atoms with E-state index in [1.54, 1.807) is 13.3 Å². The van der Waals surface area contributed by atoms with Gasteiger partial charge in [0.1, 0.15) is 0 Å². The summed E-state index contributed by atoms with van der Waals surface area (Å²) >= 11 is 1.83. The number of hydrogen-bond donors (Lipinski definition) is 0. The van der Waals surface area contributed by atoms with Crippen LogP contribution in [0.25, 0.3) is 11.3 Å². The topological polar surface area (TPSA) is 35.0 Å². The summed E-state index contributed by atoms with van der Waals surface area (Å²) in [5.74, 6) is 1.08. The minimum Gasteiger partial charge on any atom is -0.467 e. The van der Waals surface area contributed by atoms with Crippen molar-refractivity contribution in [2.45, 2.75) is 11.8 Å². The Bertz CT molecular complexity index is 485. The third-order valence-corrected chi connectivity index (χ3v) is 3.17. The first kappa shape index (κ1) is 11.9. The van der Waals surface area contributed by atoms with E-state index >= 15 is 0 Å². The maximum Gasteiger partial charge on any atom is 0.316 e. The zero-order valence-electron chi connectivity index (χ0n) is 9.88. The molecule has 0 bridgehead atoms. The quantitative estimate of drug-likeness (QED) is 0.776. The Kier molecular flexibility index (Phi) is 3.98. The van der Waals surface area contributed by atoms with Crippen molar-refractivity contribution in [3.8, 4) is 17.3 Å². The molecule has 3 nitrogen and oxygen atoms in total. The lowest BCUT2D eigenvalue weighted by Crippen LogP contribution is -1.92. The predicted molar refractivity (Wildman–Crippen MR) is 70.4 cm³/mol. The molecule has 0 amide bonds. The highest BCUT2D eigenvalue weighted by Crippen LogP contribution is 2.23. The van der Waals surface area contributed by atoms with Gasteiger partial charge in [0.2, 0.25) is 0 Å². The van der Waals surface area contributed by atoms with E-state index in [2.05, 4.69) is 41.2 Å². The summed E-state index contributed by atoms with van der Waals surface area (Å²) in [6.07, 6.45) is 1.70. The molecule has 2 aromatic rings. The standard InChI is InChI=1S/C13H14N2OS/c1-3-17-11-6-4-10(5-7-11)12-8-9-14-13(15-12)16-2/h4-9H,3H2,1-2H3. The number of hydrogen-bond acceptors (Lipinski definition) is 4. The van der Waals surface area contributed by atoms with Gasteiger partial charge in [-0.05, 0) is 24.0 Å². The third-order valence-electron chi connectivity index (χ3n) is 2.28. The highest BCUT2D eigenvalue weighted by molar-refractivity contribution is 7.99. The van der Waals surface area contributed by atoms with Gasteiger partial charge in [-0.3, -0.25) is 0 Å². The second-order valence-electron chi connectivity index (χ2n) is 3.39. The number of thioether (sulfide) groups is 1. The molecular weight excluding hydrogens is 232 g/mol. The van der Waals surface area contributed by atoms with Crippen LogP contribution in [0.15, 0.2) is 41.4 Å². The van der Waals surface area contributed by atoms with Crippen LogP contribution in [0.1, 0.15) is 6.92 Å². The van der Waals surface area contributed by atoms with Crippen LogP contribution in [0.2, 0.25) is 0 Å². The van der Waals surface area contributed by atoms with Crippen molar-refractivity contribution in [3.05, 3.63) is 36.5 Å². The first-order chi connectivity index (χ1) is 8.33. The molecule has 0 N–H and O–H groups in total. The Balaban J connectivity index is 2.26. The van der Waals surface area contributed by atoms with E-state index in [-0.39, 0.29) is 0 Å². The molecule has 17 heavy (non-hydrogen) atoms. The summed E-state index contributed by atoms with van der Waals surface area (Å²) in [7, 11) is 1.57. The van der Waals surface area contributed by atoms with Crippen LogP contribution in [0.5, 0.6) is 6.01 Å². The van der Waals surface area contributed by atoms with Gasteiger partial charge >= 0.3 is 6.01 Å². The highest BCUT2D eigenvalue weighted by Gasteiger charge is 2.02. The summed E-state index contributed by atoms with van der Waals surface area (Å²) in [5, 5.41) is 0. The summed E-state index contributed by atoms with van der Waals surface area (Å²) in [4.78, 5) is 9.57. The molecular formula is C13H14N2OS. The van der Waals surface area contributed by atoms with Gasteiger partial charge in [0, 0.05) is 16.7 Å². The molecule has 1 heterocycles. The van der Waals surface area contributed by atoms with Crippen molar-refractivity contribution in [1.82, 2.24) is 9.97 Å². The van der Waals surface area contributed by atoms with E-state index in [1.807, 2.05) is 17.8 Å². The van der Waals surface area contributed by atoms with Crippen molar-refractivity contribution in [2.75, 3.05) is 12.9 Å². The van der Waals surface area contributed by atoms with Gasteiger partial charge in [-0.25, -0.2) is 4.98 Å². The molecule has 4 heteroatoms. The first-order valence-corrected chi connectivity index (χ1v) is 6.42. The molecule has 0 atom stereocenters. The fourth-order valence-corrected chi connectivity index (χ4v) is 2.15. The van der Waals surface area contributed by atoms with Crippen molar-refractivity contribution < 1.29 is 4.74 Å². The lowest BCUT2D eigenvalue weighted by molar-refractivity contribution is 0.380. The van der Waals surface area contributed by atoms with Crippen LogP contribution in [-0.4, -0.2) is 22.8 Å². The largest absolute Gasteiger partial charge is 0.467 e. The monoisotopic (exact) mass is 246 g/mol. The average molecular weight is 246 g/mol. The molecule has 1 aromatic carbocycles. The van der Waals surface area contributed by atoms with Crippen LogP contribution in [0.3, 0.4) is 0 Å². The van der Waals surface area contributed by atoms with Crippen LogP contribution in [-0.2, 0) is 0 Å². The van der Waals surface area contributed by atoms with Gasteiger partial charge in [-0.15, -0.1) is 11.8 Å². The van der Waals surface area contributed by atoms with Crippen LogP contribution in [0.4, 0.5) is 0 Å². The molecule has 0 saturated carbocycles. The van der Waals surface area contributed by atoms with E-state index in [0.717, 1.165) is 17.0 Å². The maximum absolute atomic E-state index is 5.01. The van der Waals surface area contributed by atoms with Crippen LogP contribution in [0, 0.1) is 0 Å². The van der Waals surface area contributed by atoms with Crippen LogP contribution < -0.4 is 4.74 Å². The highest BCUT2D eigenvalue weighted by atomic mass is 32.2. The van der Waals surface area contributed by atoms with Crippen molar-refractivity contribution in [2.24, 2.45) is 0 Å². The molecule has 0 spiro atoms. The van der Waals surface area contributed by atoms with Gasteiger partial charge in [0.05, 0.1) is 12.8 Å².